The minimum atomic E-state index is 0.0857. The maximum absolute atomic E-state index is 11.8. The van der Waals surface area contributed by atoms with Crippen LogP contribution in [0.25, 0.3) is 26.9 Å². The lowest BCUT2D eigenvalue weighted by molar-refractivity contribution is 0.102. The van der Waals surface area contributed by atoms with E-state index in [4.69, 9.17) is 0 Å². The molecule has 3 rings (SSSR count). The predicted molar refractivity (Wildman–Crippen MR) is 163 cm³/mol. The molecule has 0 aliphatic heterocycles. The highest BCUT2D eigenvalue weighted by Gasteiger charge is 2.14. The maximum Gasteiger partial charge on any atom is 0.169 e. The van der Waals surface area contributed by atoms with Gasteiger partial charge in [0.1, 0.15) is 0 Å². The largest absolute Gasteiger partial charge is 0.388 e. The molecule has 0 aliphatic rings. The summed E-state index contributed by atoms with van der Waals surface area (Å²) in [6, 6.07) is 12.2. The third-order valence-corrected chi connectivity index (χ3v) is 7.66. The molecule has 2 N–H and O–H groups in total. The minimum absolute atomic E-state index is 0.0857. The average Bonchev–Trinajstić information content (AvgIpc) is 3.57. The van der Waals surface area contributed by atoms with Crippen LogP contribution in [0.4, 0.5) is 0 Å². The second-order valence-corrected chi connectivity index (χ2v) is 9.91. The van der Waals surface area contributed by atoms with E-state index in [2.05, 4.69) is 80.3 Å². The van der Waals surface area contributed by atoms with Gasteiger partial charge in [-0.25, -0.2) is 0 Å². The van der Waals surface area contributed by atoms with E-state index in [0.717, 1.165) is 66.3 Å². The maximum atomic E-state index is 11.8. The van der Waals surface area contributed by atoms with Crippen LogP contribution in [0.3, 0.4) is 0 Å². The zero-order valence-corrected chi connectivity index (χ0v) is 23.3. The van der Waals surface area contributed by atoms with E-state index >= 15 is 0 Å². The fraction of sp³-hybridized carbons (Fsp3) is 0.182. The van der Waals surface area contributed by atoms with Gasteiger partial charge in [-0.1, -0.05) is 63.1 Å². The van der Waals surface area contributed by atoms with Gasteiger partial charge in [-0.05, 0) is 85.4 Å². The summed E-state index contributed by atoms with van der Waals surface area (Å²) in [6.45, 7) is 20.5. The van der Waals surface area contributed by atoms with E-state index in [1.807, 2.05) is 44.3 Å². The van der Waals surface area contributed by atoms with Crippen LogP contribution in [0.2, 0.25) is 0 Å². The summed E-state index contributed by atoms with van der Waals surface area (Å²) in [5.74, 6) is 0.0857. The molecule has 0 unspecified atom stereocenters. The molecule has 3 aromatic rings. The van der Waals surface area contributed by atoms with Gasteiger partial charge in [0.15, 0.2) is 5.78 Å². The Hall–Kier alpha value is -3.89. The second kappa shape index (κ2) is 12.4. The number of likely N-dealkylation sites (N-methyl/N-ethyl adjacent to an activating group) is 1. The van der Waals surface area contributed by atoms with Crippen molar-refractivity contribution in [3.8, 4) is 10.4 Å². The number of aromatic amines is 1. The molecule has 0 saturated heterocycles. The molecule has 0 radical (unpaired) electrons. The lowest BCUT2D eigenvalue weighted by Gasteiger charge is -2.12. The fourth-order valence-corrected chi connectivity index (χ4v) is 5.04. The number of nitrogens with one attached hydrogen (secondary N) is 2. The van der Waals surface area contributed by atoms with E-state index < -0.39 is 0 Å². The molecule has 0 fully saturated rings. The molecule has 190 valence electrons. The number of allylic oxidation sites excluding steroid dienone is 9. The zero-order valence-electron chi connectivity index (χ0n) is 22.5. The Labute approximate surface area is 225 Å². The molecule has 2 heterocycles. The lowest BCUT2D eigenvalue weighted by Crippen LogP contribution is -2.08. The number of rotatable bonds is 11. The van der Waals surface area contributed by atoms with Crippen LogP contribution >= 0.6 is 11.3 Å². The average molecular weight is 509 g/mol. The quantitative estimate of drug-likeness (QED) is 0.200. The normalized spacial score (nSPS) is 13.1. The first kappa shape index (κ1) is 27.7. The van der Waals surface area contributed by atoms with Crippen LogP contribution in [-0.4, -0.2) is 17.8 Å². The highest BCUT2D eigenvalue weighted by molar-refractivity contribution is 7.17. The third kappa shape index (κ3) is 6.28. The topological polar surface area (TPSA) is 44.9 Å². The molecule has 1 aromatic carbocycles. The van der Waals surface area contributed by atoms with Gasteiger partial charge in [0.2, 0.25) is 0 Å². The van der Waals surface area contributed by atoms with Crippen molar-refractivity contribution in [3.63, 3.8) is 0 Å². The van der Waals surface area contributed by atoms with Crippen LogP contribution in [-0.2, 0) is 0 Å². The van der Waals surface area contributed by atoms with Gasteiger partial charge in [0.05, 0.1) is 4.88 Å². The number of ketones is 1. The monoisotopic (exact) mass is 508 g/mol. The Morgan fingerprint density at radius 2 is 1.89 bits per heavy atom. The van der Waals surface area contributed by atoms with Crippen molar-refractivity contribution < 1.29 is 4.79 Å². The number of fused-ring (bicyclic) bond motifs is 1. The summed E-state index contributed by atoms with van der Waals surface area (Å²) in [4.78, 5) is 17.1. The van der Waals surface area contributed by atoms with Crippen molar-refractivity contribution in [2.45, 2.75) is 34.1 Å². The summed E-state index contributed by atoms with van der Waals surface area (Å²) in [6.07, 6.45) is 11.3. The summed E-state index contributed by atoms with van der Waals surface area (Å²) in [5.41, 5.74) is 9.06. The predicted octanol–water partition coefficient (Wildman–Crippen LogP) is 9.19. The third-order valence-electron chi connectivity index (χ3n) is 6.44. The number of H-pyrrole nitrogens is 1. The molecule has 37 heavy (non-hydrogen) atoms. The zero-order chi connectivity index (χ0) is 27.1. The fourth-order valence-electron chi connectivity index (χ4n) is 4.10. The summed E-state index contributed by atoms with van der Waals surface area (Å²) < 4.78 is 0. The molecule has 2 aromatic heterocycles. The number of aromatic nitrogens is 1. The number of carbonyl (C=O) groups excluding carboxylic acids is 1. The molecular formula is C33H36N2OS. The van der Waals surface area contributed by atoms with Gasteiger partial charge in [-0.15, -0.1) is 11.3 Å². The van der Waals surface area contributed by atoms with Crippen molar-refractivity contribution in [2.75, 3.05) is 7.05 Å². The van der Waals surface area contributed by atoms with Crippen molar-refractivity contribution >= 4 is 33.6 Å². The molecular weight excluding hydrogens is 472 g/mol. The van der Waals surface area contributed by atoms with Crippen LogP contribution < -0.4 is 5.32 Å². The Kier molecular flexibility index (Phi) is 9.26. The van der Waals surface area contributed by atoms with Crippen LogP contribution in [0.1, 0.15) is 49.5 Å². The van der Waals surface area contributed by atoms with Crippen molar-refractivity contribution in [1.82, 2.24) is 10.3 Å². The lowest BCUT2D eigenvalue weighted by atomic mass is 10.00. The first-order valence-electron chi connectivity index (χ1n) is 12.4. The molecule has 0 spiro atoms. The van der Waals surface area contributed by atoms with E-state index in [0.29, 0.717) is 0 Å². The van der Waals surface area contributed by atoms with Crippen LogP contribution in [0.15, 0.2) is 115 Å². The van der Waals surface area contributed by atoms with Gasteiger partial charge in [-0.2, -0.15) is 0 Å². The van der Waals surface area contributed by atoms with Crippen molar-refractivity contribution in [2.24, 2.45) is 0 Å². The Morgan fingerprint density at radius 3 is 2.49 bits per heavy atom. The Bertz CT molecular complexity index is 1480. The van der Waals surface area contributed by atoms with Gasteiger partial charge in [-0.3, -0.25) is 4.79 Å². The SMILES string of the molecule is C=C\C(=C/C(=C\C)C(/C)=C/C=C(/NC)C(=C)C(=C)c1cc2c(-c3ccc(C(C)=O)s3)cccc2[nH]1)CC. The van der Waals surface area contributed by atoms with E-state index in [1.165, 1.54) is 16.9 Å². The van der Waals surface area contributed by atoms with E-state index in [1.54, 1.807) is 6.92 Å². The highest BCUT2D eigenvalue weighted by Crippen LogP contribution is 2.36. The molecule has 0 amide bonds. The summed E-state index contributed by atoms with van der Waals surface area (Å²) in [7, 11) is 1.89. The van der Waals surface area contributed by atoms with E-state index in [-0.39, 0.29) is 5.78 Å². The van der Waals surface area contributed by atoms with Gasteiger partial charge >= 0.3 is 0 Å². The summed E-state index contributed by atoms with van der Waals surface area (Å²) in [5, 5.41) is 4.36. The van der Waals surface area contributed by atoms with Crippen molar-refractivity contribution in [1.29, 1.82) is 0 Å². The first-order chi connectivity index (χ1) is 17.7. The smallest absolute Gasteiger partial charge is 0.169 e. The number of Topliss-reactive ketones (excluding diaryl/α,β-unsaturated/α-hetero) is 1. The summed E-state index contributed by atoms with van der Waals surface area (Å²) >= 11 is 1.52. The second-order valence-electron chi connectivity index (χ2n) is 8.83. The molecule has 0 saturated carbocycles. The van der Waals surface area contributed by atoms with Gasteiger partial charge in [0.25, 0.3) is 0 Å². The van der Waals surface area contributed by atoms with Crippen LogP contribution in [0.5, 0.6) is 0 Å². The number of hydrogen-bond acceptors (Lipinski definition) is 3. The standard InChI is InChI=1S/C33H36N2OS/c1-9-25(10-2)19-26(11-3)21(4)15-16-29(34-8)22(5)23(6)31-20-28-27(13-12-14-30(28)35-31)33-18-17-32(37-33)24(7)36/h9,11-20,34-35H,1,5-6,10H2,2-4,7-8H3/b21-15+,25-19+,26-11+,29-16+. The minimum Gasteiger partial charge on any atom is -0.388 e. The first-order valence-corrected chi connectivity index (χ1v) is 13.2. The van der Waals surface area contributed by atoms with E-state index in [9.17, 15) is 4.79 Å². The Morgan fingerprint density at radius 1 is 1.14 bits per heavy atom. The molecule has 4 heteroatoms. The number of thiophene rings is 1. The van der Waals surface area contributed by atoms with Gasteiger partial charge < -0.3 is 10.3 Å². The number of carbonyl (C=O) groups is 1. The molecule has 0 atom stereocenters. The molecule has 3 nitrogen and oxygen atoms in total. The number of benzene rings is 1. The highest BCUT2D eigenvalue weighted by atomic mass is 32.1. The molecule has 0 bridgehead atoms. The number of hydrogen-bond donors (Lipinski definition) is 2. The van der Waals surface area contributed by atoms with Crippen molar-refractivity contribution in [3.05, 3.63) is 125 Å². The van der Waals surface area contributed by atoms with Crippen LogP contribution in [0, 0.1) is 0 Å². The van der Waals surface area contributed by atoms with Gasteiger partial charge in [0, 0.05) is 39.8 Å². The molecule has 0 aliphatic carbocycles. The Balaban J connectivity index is 1.92.